The first-order valence-electron chi connectivity index (χ1n) is 10.4. The van der Waals surface area contributed by atoms with Crippen LogP contribution in [0, 0.1) is 0 Å². The van der Waals surface area contributed by atoms with Crippen LogP contribution in [0.2, 0.25) is 0 Å². The Balaban J connectivity index is 3.04. The first-order valence-corrected chi connectivity index (χ1v) is 10.4. The van der Waals surface area contributed by atoms with Crippen LogP contribution < -0.4 is 10.6 Å². The van der Waals surface area contributed by atoms with Crippen LogP contribution in [0.1, 0.15) is 59.9 Å². The number of hydrogen-bond acceptors (Lipinski definition) is 6. The Labute approximate surface area is 188 Å². The number of aliphatic carboxylic acids is 1. The van der Waals surface area contributed by atoms with Gasteiger partial charge in [-0.15, -0.1) is 0 Å². The molecule has 2 atom stereocenters. The largest absolute Gasteiger partial charge is 0.481 e. The lowest BCUT2D eigenvalue weighted by Crippen LogP contribution is -2.54. The minimum atomic E-state index is -1.18. The third-order valence-electron chi connectivity index (χ3n) is 3.94. The summed E-state index contributed by atoms with van der Waals surface area (Å²) in [5.74, 6) is -2.51. The predicted octanol–water partition coefficient (Wildman–Crippen LogP) is 2.81. The summed E-state index contributed by atoms with van der Waals surface area (Å²) in [6.45, 7) is 10.1. The summed E-state index contributed by atoms with van der Waals surface area (Å²) in [7, 11) is 0. The normalized spacial score (nSPS) is 13.4. The van der Waals surface area contributed by atoms with Gasteiger partial charge in [0, 0.05) is 12.8 Å². The second-order valence-electron chi connectivity index (χ2n) is 9.42. The lowest BCUT2D eigenvalue weighted by Gasteiger charge is -2.27. The molecule has 0 aliphatic heterocycles. The zero-order valence-corrected chi connectivity index (χ0v) is 19.6. The van der Waals surface area contributed by atoms with Gasteiger partial charge in [0.25, 0.3) is 0 Å². The van der Waals surface area contributed by atoms with Gasteiger partial charge in [-0.2, -0.15) is 0 Å². The summed E-state index contributed by atoms with van der Waals surface area (Å²) >= 11 is 0. The van der Waals surface area contributed by atoms with Crippen molar-refractivity contribution in [1.82, 2.24) is 10.6 Å². The van der Waals surface area contributed by atoms with Crippen molar-refractivity contribution in [2.75, 3.05) is 0 Å². The van der Waals surface area contributed by atoms with Gasteiger partial charge in [0.15, 0.2) is 0 Å². The van der Waals surface area contributed by atoms with Crippen molar-refractivity contribution in [3.05, 3.63) is 35.9 Å². The summed E-state index contributed by atoms with van der Waals surface area (Å²) in [5.41, 5.74) is -0.803. The van der Waals surface area contributed by atoms with E-state index in [0.29, 0.717) is 0 Å². The van der Waals surface area contributed by atoms with Crippen molar-refractivity contribution in [1.29, 1.82) is 0 Å². The lowest BCUT2D eigenvalue weighted by atomic mass is 10.0. The first kappa shape index (κ1) is 26.9. The quantitative estimate of drug-likeness (QED) is 0.493. The monoisotopic (exact) mass is 450 g/mol. The first-order chi connectivity index (χ1) is 14.7. The van der Waals surface area contributed by atoms with E-state index >= 15 is 0 Å². The molecular formula is C23H34N2O7. The van der Waals surface area contributed by atoms with Gasteiger partial charge in [-0.3, -0.25) is 9.59 Å². The van der Waals surface area contributed by atoms with E-state index in [1.165, 1.54) is 0 Å². The molecule has 9 heteroatoms. The number of nitrogens with one attached hydrogen (secondary N) is 2. The number of alkyl carbamates (subject to hydrolysis) is 1. The molecule has 3 N–H and O–H groups in total. The van der Waals surface area contributed by atoms with Crippen molar-refractivity contribution in [2.24, 2.45) is 0 Å². The minimum Gasteiger partial charge on any atom is -0.481 e. The standard InChI is InChI=1S/C23H34N2O7/c1-22(2,3)31-20(29)16(12-13-18(26)27)24-19(28)17(14-15-10-8-7-9-11-15)25-21(30)32-23(4,5)6/h7-11,16-17H,12-14H2,1-6H3,(H,24,28)(H,25,30)(H,26,27)/t16-,17-/m1/s1. The zero-order valence-electron chi connectivity index (χ0n) is 19.6. The number of benzene rings is 1. The van der Waals surface area contributed by atoms with Crippen LogP contribution in [0.3, 0.4) is 0 Å². The summed E-state index contributed by atoms with van der Waals surface area (Å²) in [6, 6.07) is 6.78. The van der Waals surface area contributed by atoms with Crippen LogP contribution >= 0.6 is 0 Å². The van der Waals surface area contributed by atoms with E-state index in [0.717, 1.165) is 5.56 Å². The highest BCUT2D eigenvalue weighted by atomic mass is 16.6. The molecule has 1 rings (SSSR count). The van der Waals surface area contributed by atoms with Crippen LogP contribution in [0.4, 0.5) is 4.79 Å². The van der Waals surface area contributed by atoms with Crippen LogP contribution in [-0.4, -0.2) is 52.3 Å². The molecule has 0 saturated carbocycles. The molecular weight excluding hydrogens is 416 g/mol. The molecule has 0 aliphatic carbocycles. The van der Waals surface area contributed by atoms with E-state index in [1.807, 2.05) is 6.07 Å². The Bertz CT molecular complexity index is 795. The summed E-state index contributed by atoms with van der Waals surface area (Å²) in [6.07, 6.45) is -1.13. The van der Waals surface area contributed by atoms with E-state index in [1.54, 1.807) is 65.8 Å². The number of carboxylic acids is 1. The van der Waals surface area contributed by atoms with Gasteiger partial charge in [0.2, 0.25) is 5.91 Å². The highest BCUT2D eigenvalue weighted by Gasteiger charge is 2.31. The van der Waals surface area contributed by atoms with Gasteiger partial charge >= 0.3 is 18.0 Å². The van der Waals surface area contributed by atoms with Crippen molar-refractivity contribution in [3.63, 3.8) is 0 Å². The maximum Gasteiger partial charge on any atom is 0.408 e. The SMILES string of the molecule is CC(C)(C)OC(=O)N[C@H](Cc1ccccc1)C(=O)N[C@H](CCC(=O)O)C(=O)OC(C)(C)C. The lowest BCUT2D eigenvalue weighted by molar-refractivity contribution is -0.159. The fourth-order valence-electron chi connectivity index (χ4n) is 2.67. The topological polar surface area (TPSA) is 131 Å². The molecule has 1 aromatic carbocycles. The molecule has 0 heterocycles. The zero-order chi connectivity index (χ0) is 24.5. The van der Waals surface area contributed by atoms with Crippen LogP contribution in [-0.2, 0) is 30.3 Å². The Kier molecular flexibility index (Phi) is 9.68. The Morgan fingerprint density at radius 1 is 0.875 bits per heavy atom. The summed E-state index contributed by atoms with van der Waals surface area (Å²) in [5, 5.41) is 14.1. The third kappa shape index (κ3) is 11.3. The average Bonchev–Trinajstić information content (AvgIpc) is 2.62. The molecule has 2 amide bonds. The third-order valence-corrected chi connectivity index (χ3v) is 3.94. The number of hydrogen-bond donors (Lipinski definition) is 3. The number of carboxylic acid groups (broad SMARTS) is 1. The summed E-state index contributed by atoms with van der Waals surface area (Å²) in [4.78, 5) is 48.9. The molecule has 0 aliphatic rings. The van der Waals surface area contributed by atoms with Crippen molar-refractivity contribution >= 4 is 23.9 Å². The average molecular weight is 451 g/mol. The number of rotatable bonds is 9. The fourth-order valence-corrected chi connectivity index (χ4v) is 2.67. The van der Waals surface area contributed by atoms with Crippen molar-refractivity contribution < 1.29 is 33.8 Å². The molecule has 0 fully saturated rings. The van der Waals surface area contributed by atoms with Gasteiger partial charge in [-0.05, 0) is 53.5 Å². The molecule has 178 valence electrons. The Morgan fingerprint density at radius 2 is 1.44 bits per heavy atom. The van der Waals surface area contributed by atoms with E-state index in [-0.39, 0.29) is 19.3 Å². The van der Waals surface area contributed by atoms with Crippen LogP contribution in [0.5, 0.6) is 0 Å². The van der Waals surface area contributed by atoms with E-state index < -0.39 is 47.2 Å². The van der Waals surface area contributed by atoms with Gasteiger partial charge in [-0.1, -0.05) is 30.3 Å². The van der Waals surface area contributed by atoms with Crippen molar-refractivity contribution in [3.8, 4) is 0 Å². The van der Waals surface area contributed by atoms with Crippen molar-refractivity contribution in [2.45, 2.75) is 84.1 Å². The Morgan fingerprint density at radius 3 is 1.94 bits per heavy atom. The number of amides is 2. The van der Waals surface area contributed by atoms with Crippen LogP contribution in [0.15, 0.2) is 30.3 Å². The Hall–Kier alpha value is -3.10. The molecule has 0 spiro atoms. The number of carbonyl (C=O) groups is 4. The molecule has 0 bridgehead atoms. The minimum absolute atomic E-state index is 0.145. The maximum absolute atomic E-state index is 13.0. The van der Waals surface area contributed by atoms with E-state index in [4.69, 9.17) is 14.6 Å². The predicted molar refractivity (Wildman–Crippen MR) is 118 cm³/mol. The van der Waals surface area contributed by atoms with Gasteiger partial charge in [0.05, 0.1) is 0 Å². The van der Waals surface area contributed by atoms with Gasteiger partial charge in [0.1, 0.15) is 23.3 Å². The van der Waals surface area contributed by atoms with E-state index in [9.17, 15) is 19.2 Å². The molecule has 9 nitrogen and oxygen atoms in total. The molecule has 0 saturated heterocycles. The fraction of sp³-hybridized carbons (Fsp3) is 0.565. The molecule has 32 heavy (non-hydrogen) atoms. The number of ether oxygens (including phenoxy) is 2. The highest BCUT2D eigenvalue weighted by molar-refractivity contribution is 5.90. The molecule has 0 unspecified atom stereocenters. The van der Waals surface area contributed by atoms with Crippen LogP contribution in [0.25, 0.3) is 0 Å². The molecule has 0 radical (unpaired) electrons. The molecule has 0 aromatic heterocycles. The van der Waals surface area contributed by atoms with E-state index in [2.05, 4.69) is 10.6 Å². The summed E-state index contributed by atoms with van der Waals surface area (Å²) < 4.78 is 10.6. The van der Waals surface area contributed by atoms with Gasteiger partial charge in [-0.25, -0.2) is 9.59 Å². The molecule has 1 aromatic rings. The van der Waals surface area contributed by atoms with Gasteiger partial charge < -0.3 is 25.2 Å². The highest BCUT2D eigenvalue weighted by Crippen LogP contribution is 2.13. The maximum atomic E-state index is 13.0. The smallest absolute Gasteiger partial charge is 0.408 e. The number of esters is 1. The second kappa shape index (κ2) is 11.5. The number of carbonyl (C=O) groups excluding carboxylic acids is 3. The second-order valence-corrected chi connectivity index (χ2v) is 9.42.